The number of hydrogen-bond donors (Lipinski definition) is 0. The third kappa shape index (κ3) is 5.89. The second-order valence-electron chi connectivity index (χ2n) is 15.4. The standard InChI is InChI=1S/C58H39NO/c1-3-38-15-12-21-50(48(38)4-2)43-17-11-16-42(35-43)39-25-29-46(30-26-39)59(47-31-33-51-44(36-47)24-23-40-13-5-7-18-49(40)51)56-22-10-9-19-52(56)45-28-34-57-55(37-45)54-32-27-41-14-6-8-20-53(41)58(54)60-57/h3-37H,1-2H2. The van der Waals surface area contributed by atoms with Gasteiger partial charge in [0.15, 0.2) is 0 Å². The van der Waals surface area contributed by atoms with E-state index in [1.54, 1.807) is 0 Å². The van der Waals surface area contributed by atoms with Crippen molar-refractivity contribution in [2.45, 2.75) is 0 Å². The van der Waals surface area contributed by atoms with Crippen molar-refractivity contribution in [3.05, 3.63) is 224 Å². The first-order chi connectivity index (χ1) is 29.6. The SMILES string of the molecule is C=Cc1cccc(-c2cccc(-c3ccc(N(c4ccc5c(ccc6ccccc65)c4)c4ccccc4-c4ccc5oc6c7ccccc7ccc6c5c4)cc3)c2)c1C=C. The molecule has 1 heterocycles. The van der Waals surface area contributed by atoms with E-state index in [1.165, 1.54) is 26.9 Å². The van der Waals surface area contributed by atoms with Gasteiger partial charge < -0.3 is 9.32 Å². The van der Waals surface area contributed by atoms with Crippen LogP contribution in [0.25, 0.3) is 99.8 Å². The van der Waals surface area contributed by atoms with Crippen LogP contribution in [0.1, 0.15) is 11.1 Å². The van der Waals surface area contributed by atoms with E-state index in [4.69, 9.17) is 4.42 Å². The van der Waals surface area contributed by atoms with E-state index in [0.717, 1.165) is 88.9 Å². The molecule has 0 saturated heterocycles. The molecule has 0 bridgehead atoms. The average Bonchev–Trinajstić information content (AvgIpc) is 3.70. The normalized spacial score (nSPS) is 11.5. The second kappa shape index (κ2) is 14.5. The monoisotopic (exact) mass is 765 g/mol. The summed E-state index contributed by atoms with van der Waals surface area (Å²) in [4.78, 5) is 2.40. The number of furan rings is 1. The van der Waals surface area contributed by atoms with Gasteiger partial charge in [0, 0.05) is 33.1 Å². The quantitative estimate of drug-likeness (QED) is 0.143. The van der Waals surface area contributed by atoms with Crippen LogP contribution in [0.4, 0.5) is 17.1 Å². The van der Waals surface area contributed by atoms with Crippen molar-refractivity contribution < 1.29 is 4.42 Å². The zero-order valence-corrected chi connectivity index (χ0v) is 33.0. The van der Waals surface area contributed by atoms with Gasteiger partial charge in [0.2, 0.25) is 0 Å². The van der Waals surface area contributed by atoms with E-state index >= 15 is 0 Å². The van der Waals surface area contributed by atoms with Crippen molar-refractivity contribution in [2.75, 3.05) is 4.90 Å². The van der Waals surface area contributed by atoms with Crippen molar-refractivity contribution in [3.8, 4) is 33.4 Å². The molecule has 0 saturated carbocycles. The van der Waals surface area contributed by atoms with Crippen molar-refractivity contribution in [2.24, 2.45) is 0 Å². The first-order valence-corrected chi connectivity index (χ1v) is 20.4. The maximum absolute atomic E-state index is 6.53. The third-order valence-corrected chi connectivity index (χ3v) is 12.0. The number of anilines is 3. The summed E-state index contributed by atoms with van der Waals surface area (Å²) < 4.78 is 6.53. The Hall–Kier alpha value is -7.94. The van der Waals surface area contributed by atoms with Crippen molar-refractivity contribution in [1.82, 2.24) is 0 Å². The molecule has 282 valence electrons. The fourth-order valence-electron chi connectivity index (χ4n) is 9.06. The van der Waals surface area contributed by atoms with Gasteiger partial charge in [0.25, 0.3) is 0 Å². The first kappa shape index (κ1) is 35.2. The van der Waals surface area contributed by atoms with E-state index in [0.29, 0.717) is 0 Å². The molecule has 11 aromatic rings. The first-order valence-electron chi connectivity index (χ1n) is 20.4. The zero-order chi connectivity index (χ0) is 40.2. The van der Waals surface area contributed by atoms with Gasteiger partial charge in [-0.3, -0.25) is 0 Å². The number of benzene rings is 10. The molecule has 2 heteroatoms. The van der Waals surface area contributed by atoms with Gasteiger partial charge in [-0.1, -0.05) is 171 Å². The molecule has 0 aliphatic heterocycles. The van der Waals surface area contributed by atoms with E-state index in [9.17, 15) is 0 Å². The molecular formula is C58H39NO. The Labute approximate surface area is 349 Å². The highest BCUT2D eigenvalue weighted by Crippen LogP contribution is 2.44. The third-order valence-electron chi connectivity index (χ3n) is 12.0. The maximum Gasteiger partial charge on any atom is 0.143 e. The summed E-state index contributed by atoms with van der Waals surface area (Å²) in [5.41, 5.74) is 14.0. The highest BCUT2D eigenvalue weighted by Gasteiger charge is 2.20. The highest BCUT2D eigenvalue weighted by molar-refractivity contribution is 6.16. The van der Waals surface area contributed by atoms with Gasteiger partial charge in [0.1, 0.15) is 11.2 Å². The molecule has 60 heavy (non-hydrogen) atoms. The number of para-hydroxylation sites is 1. The Kier molecular flexibility index (Phi) is 8.49. The lowest BCUT2D eigenvalue weighted by atomic mass is 9.93. The van der Waals surface area contributed by atoms with Crippen LogP contribution in [0.3, 0.4) is 0 Å². The van der Waals surface area contributed by atoms with Crippen LogP contribution in [-0.4, -0.2) is 0 Å². The summed E-state index contributed by atoms with van der Waals surface area (Å²) in [5, 5.41) is 9.46. The van der Waals surface area contributed by atoms with Crippen LogP contribution in [0, 0.1) is 0 Å². The summed E-state index contributed by atoms with van der Waals surface area (Å²) in [6.07, 6.45) is 3.82. The molecule has 0 fully saturated rings. The largest absolute Gasteiger partial charge is 0.455 e. The minimum Gasteiger partial charge on any atom is -0.455 e. The van der Waals surface area contributed by atoms with Crippen molar-refractivity contribution >= 4 is 83.5 Å². The molecule has 0 amide bonds. The second-order valence-corrected chi connectivity index (χ2v) is 15.4. The summed E-state index contributed by atoms with van der Waals surface area (Å²) in [6, 6.07) is 72.1. The lowest BCUT2D eigenvalue weighted by Gasteiger charge is -2.28. The summed E-state index contributed by atoms with van der Waals surface area (Å²) in [7, 11) is 0. The number of rotatable bonds is 8. The average molecular weight is 766 g/mol. The molecule has 10 aromatic carbocycles. The predicted octanol–water partition coefficient (Wildman–Crippen LogP) is 16.8. The lowest BCUT2D eigenvalue weighted by Crippen LogP contribution is -2.11. The highest BCUT2D eigenvalue weighted by atomic mass is 16.3. The molecule has 0 radical (unpaired) electrons. The molecule has 0 spiro atoms. The van der Waals surface area contributed by atoms with E-state index < -0.39 is 0 Å². The van der Waals surface area contributed by atoms with Crippen molar-refractivity contribution in [3.63, 3.8) is 0 Å². The van der Waals surface area contributed by atoms with Crippen LogP contribution in [0.15, 0.2) is 218 Å². The smallest absolute Gasteiger partial charge is 0.143 e. The van der Waals surface area contributed by atoms with E-state index in [2.05, 4.69) is 218 Å². The Bertz CT molecular complexity index is 3480. The summed E-state index contributed by atoms with van der Waals surface area (Å²) >= 11 is 0. The van der Waals surface area contributed by atoms with Gasteiger partial charge in [0.05, 0.1) is 5.69 Å². The molecule has 11 rings (SSSR count). The van der Waals surface area contributed by atoms with Crippen LogP contribution in [0.2, 0.25) is 0 Å². The Morgan fingerprint density at radius 3 is 1.87 bits per heavy atom. The Morgan fingerprint density at radius 2 is 1.02 bits per heavy atom. The fourth-order valence-corrected chi connectivity index (χ4v) is 9.06. The van der Waals surface area contributed by atoms with Crippen LogP contribution in [0.5, 0.6) is 0 Å². The van der Waals surface area contributed by atoms with E-state index in [1.807, 2.05) is 12.2 Å². The maximum atomic E-state index is 6.53. The Balaban J connectivity index is 1.05. The molecule has 2 nitrogen and oxygen atoms in total. The number of nitrogens with zero attached hydrogens (tertiary/aromatic N) is 1. The van der Waals surface area contributed by atoms with Crippen LogP contribution >= 0.6 is 0 Å². The minimum absolute atomic E-state index is 0.884. The summed E-state index contributed by atoms with van der Waals surface area (Å²) in [6.45, 7) is 8.14. The zero-order valence-electron chi connectivity index (χ0n) is 33.0. The lowest BCUT2D eigenvalue weighted by molar-refractivity contribution is 0.672. The van der Waals surface area contributed by atoms with Gasteiger partial charge in [-0.15, -0.1) is 0 Å². The van der Waals surface area contributed by atoms with Gasteiger partial charge in [-0.05, 0) is 120 Å². The number of fused-ring (bicyclic) bond motifs is 8. The molecule has 0 N–H and O–H groups in total. The number of hydrogen-bond acceptors (Lipinski definition) is 2. The topological polar surface area (TPSA) is 16.4 Å². The molecule has 0 unspecified atom stereocenters. The molecule has 0 atom stereocenters. The van der Waals surface area contributed by atoms with E-state index in [-0.39, 0.29) is 0 Å². The predicted molar refractivity (Wildman–Crippen MR) is 257 cm³/mol. The van der Waals surface area contributed by atoms with Gasteiger partial charge >= 0.3 is 0 Å². The van der Waals surface area contributed by atoms with Crippen LogP contribution in [-0.2, 0) is 0 Å². The molecule has 0 aliphatic rings. The Morgan fingerprint density at radius 1 is 0.383 bits per heavy atom. The van der Waals surface area contributed by atoms with Crippen LogP contribution < -0.4 is 4.90 Å². The van der Waals surface area contributed by atoms with Crippen molar-refractivity contribution in [1.29, 1.82) is 0 Å². The fraction of sp³-hybridized carbons (Fsp3) is 0. The molecule has 1 aromatic heterocycles. The molecule has 0 aliphatic carbocycles. The molecular weight excluding hydrogens is 727 g/mol. The van der Waals surface area contributed by atoms with Gasteiger partial charge in [-0.2, -0.15) is 0 Å². The minimum atomic E-state index is 0.884. The van der Waals surface area contributed by atoms with Gasteiger partial charge in [-0.25, -0.2) is 0 Å². The summed E-state index contributed by atoms with van der Waals surface area (Å²) in [5.74, 6) is 0.